The first-order valence-electron chi connectivity index (χ1n) is 12.4. The van der Waals surface area contributed by atoms with E-state index in [1.54, 1.807) is 19.2 Å². The first-order chi connectivity index (χ1) is 17.9. The molecule has 2 aromatic heterocycles. The number of fused-ring (bicyclic) bond motifs is 1. The lowest BCUT2D eigenvalue weighted by atomic mass is 10.2. The lowest BCUT2D eigenvalue weighted by Gasteiger charge is -2.34. The molecule has 3 aromatic rings. The third kappa shape index (κ3) is 6.13. The molecular weight excluding hydrogens is 500 g/mol. The molecule has 0 bridgehead atoms. The molecule has 37 heavy (non-hydrogen) atoms. The number of aromatic nitrogens is 2. The van der Waals surface area contributed by atoms with E-state index in [2.05, 4.69) is 25.5 Å². The van der Waals surface area contributed by atoms with Crippen LogP contribution < -0.4 is 15.5 Å². The van der Waals surface area contributed by atoms with Gasteiger partial charge in [-0.2, -0.15) is 0 Å². The van der Waals surface area contributed by atoms with Crippen molar-refractivity contribution in [1.82, 2.24) is 25.1 Å². The predicted molar refractivity (Wildman–Crippen MR) is 139 cm³/mol. The van der Waals surface area contributed by atoms with Crippen molar-refractivity contribution in [3.63, 3.8) is 0 Å². The van der Waals surface area contributed by atoms with Crippen molar-refractivity contribution in [3.05, 3.63) is 42.0 Å². The number of halogens is 2. The molecule has 2 fully saturated rings. The van der Waals surface area contributed by atoms with Crippen LogP contribution in [0.2, 0.25) is 0 Å². The fourth-order valence-corrected chi connectivity index (χ4v) is 5.18. The van der Waals surface area contributed by atoms with Crippen molar-refractivity contribution in [2.75, 3.05) is 56.5 Å². The molecule has 3 heterocycles. The van der Waals surface area contributed by atoms with Crippen LogP contribution >= 0.6 is 11.3 Å². The average molecular weight is 530 g/mol. The summed E-state index contributed by atoms with van der Waals surface area (Å²) in [6.45, 7) is 4.69. The Morgan fingerprint density at radius 1 is 1.11 bits per heavy atom. The minimum atomic E-state index is -0.682. The van der Waals surface area contributed by atoms with Gasteiger partial charge in [0.05, 0.1) is 5.69 Å². The number of piperazine rings is 1. The highest BCUT2D eigenvalue weighted by atomic mass is 32.1. The maximum absolute atomic E-state index is 14.2. The van der Waals surface area contributed by atoms with Crippen LogP contribution in [0.3, 0.4) is 0 Å². The number of carbonyl (C=O) groups excluding carboxylic acids is 2. The molecule has 0 atom stereocenters. The number of anilines is 3. The third-order valence-corrected chi connectivity index (χ3v) is 7.50. The van der Waals surface area contributed by atoms with Gasteiger partial charge in [0.2, 0.25) is 5.91 Å². The first-order valence-corrected chi connectivity index (χ1v) is 13.2. The number of hydrogen-bond acceptors (Lipinski definition) is 7. The van der Waals surface area contributed by atoms with Crippen LogP contribution in [0.4, 0.5) is 30.2 Å². The Hall–Kier alpha value is -3.38. The van der Waals surface area contributed by atoms with Crippen molar-refractivity contribution in [1.29, 1.82) is 0 Å². The summed E-state index contributed by atoms with van der Waals surface area (Å²) in [6, 6.07) is 6.47. The standard InChI is InChI=1S/C25H29F2N7O2S/c1-32(20-7-5-17(26)15-18(20)27)21-8-6-19-22(30-21)37-25(29-19)31-24(36)28-9-2-10-33-11-13-34(14-12-33)23(35)16-3-4-16/h5-8,15-16H,2-4,9-14H2,1H3,(H2,28,29,31,36). The van der Waals surface area contributed by atoms with Gasteiger partial charge in [-0.05, 0) is 50.1 Å². The van der Waals surface area contributed by atoms with Crippen LogP contribution in [-0.4, -0.2) is 78.0 Å². The molecule has 2 N–H and O–H groups in total. The van der Waals surface area contributed by atoms with Gasteiger partial charge >= 0.3 is 6.03 Å². The van der Waals surface area contributed by atoms with E-state index in [0.717, 1.165) is 58.1 Å². The molecule has 5 rings (SSSR count). The number of thiazole rings is 1. The van der Waals surface area contributed by atoms with Gasteiger partial charge in [0.25, 0.3) is 0 Å². The van der Waals surface area contributed by atoms with Gasteiger partial charge in [-0.3, -0.25) is 15.0 Å². The van der Waals surface area contributed by atoms with Crippen molar-refractivity contribution < 1.29 is 18.4 Å². The predicted octanol–water partition coefficient (Wildman–Crippen LogP) is 3.80. The Balaban J connectivity index is 1.07. The average Bonchev–Trinajstić information content (AvgIpc) is 3.66. The summed E-state index contributed by atoms with van der Waals surface area (Å²) < 4.78 is 27.4. The van der Waals surface area contributed by atoms with Gasteiger partial charge < -0.3 is 15.1 Å². The monoisotopic (exact) mass is 529 g/mol. The molecule has 1 aliphatic carbocycles. The minimum absolute atomic E-state index is 0.198. The second-order valence-electron chi connectivity index (χ2n) is 9.34. The van der Waals surface area contributed by atoms with Crippen LogP contribution in [-0.2, 0) is 4.79 Å². The summed E-state index contributed by atoms with van der Waals surface area (Å²) >= 11 is 1.21. The zero-order valence-corrected chi connectivity index (χ0v) is 21.4. The lowest BCUT2D eigenvalue weighted by Crippen LogP contribution is -2.49. The van der Waals surface area contributed by atoms with E-state index in [1.165, 1.54) is 28.4 Å². The summed E-state index contributed by atoms with van der Waals surface area (Å²) in [5.74, 6) is -0.272. The Morgan fingerprint density at radius 2 is 1.89 bits per heavy atom. The summed E-state index contributed by atoms with van der Waals surface area (Å²) in [7, 11) is 1.64. The number of benzene rings is 1. The summed E-state index contributed by atoms with van der Waals surface area (Å²) in [4.78, 5) is 39.8. The Labute approximate surface area is 217 Å². The van der Waals surface area contributed by atoms with E-state index < -0.39 is 11.6 Å². The number of urea groups is 1. The SMILES string of the molecule is CN(c1ccc2nc(NC(=O)NCCCN3CCN(C(=O)C4CC4)CC3)sc2n1)c1ccc(F)cc1F. The van der Waals surface area contributed by atoms with E-state index in [0.29, 0.717) is 33.7 Å². The molecule has 3 amide bonds. The summed E-state index contributed by atoms with van der Waals surface area (Å²) in [5.41, 5.74) is 0.806. The molecular formula is C25H29F2N7O2S. The molecule has 12 heteroatoms. The van der Waals surface area contributed by atoms with Gasteiger partial charge in [0.1, 0.15) is 27.8 Å². The maximum Gasteiger partial charge on any atom is 0.321 e. The first kappa shape index (κ1) is 25.3. The third-order valence-electron chi connectivity index (χ3n) is 6.62. The Bertz CT molecular complexity index is 1290. The molecule has 1 saturated heterocycles. The van der Waals surface area contributed by atoms with E-state index in [-0.39, 0.29) is 17.6 Å². The van der Waals surface area contributed by atoms with Crippen LogP contribution in [0.15, 0.2) is 30.3 Å². The zero-order valence-electron chi connectivity index (χ0n) is 20.5. The number of pyridine rings is 1. The molecule has 9 nitrogen and oxygen atoms in total. The highest BCUT2D eigenvalue weighted by Gasteiger charge is 2.34. The molecule has 1 aliphatic heterocycles. The van der Waals surface area contributed by atoms with Crippen LogP contribution in [0.25, 0.3) is 10.3 Å². The number of hydrogen-bond donors (Lipinski definition) is 2. The van der Waals surface area contributed by atoms with Crippen molar-refractivity contribution in [2.24, 2.45) is 5.92 Å². The second-order valence-corrected chi connectivity index (χ2v) is 10.3. The number of nitrogens with one attached hydrogen (secondary N) is 2. The second kappa shape index (κ2) is 10.9. The fraction of sp³-hybridized carbons (Fsp3) is 0.440. The van der Waals surface area contributed by atoms with Crippen LogP contribution in [0, 0.1) is 17.6 Å². The van der Waals surface area contributed by atoms with E-state index in [1.807, 2.05) is 4.90 Å². The van der Waals surface area contributed by atoms with Crippen molar-refractivity contribution in [2.45, 2.75) is 19.3 Å². The van der Waals surface area contributed by atoms with Gasteiger partial charge in [-0.15, -0.1) is 0 Å². The zero-order chi connectivity index (χ0) is 25.9. The Kier molecular flexibility index (Phi) is 7.47. The van der Waals surface area contributed by atoms with Crippen molar-refractivity contribution >= 4 is 50.3 Å². The quantitative estimate of drug-likeness (QED) is 0.431. The molecule has 0 spiro atoms. The highest BCUT2D eigenvalue weighted by molar-refractivity contribution is 7.22. The normalized spacial score (nSPS) is 16.1. The molecule has 196 valence electrons. The van der Waals surface area contributed by atoms with Gasteiger partial charge in [0, 0.05) is 51.8 Å². The number of amides is 3. The maximum atomic E-state index is 14.2. The van der Waals surface area contributed by atoms with E-state index in [4.69, 9.17) is 0 Å². The van der Waals surface area contributed by atoms with E-state index in [9.17, 15) is 18.4 Å². The number of rotatable bonds is 8. The van der Waals surface area contributed by atoms with Crippen LogP contribution in [0.5, 0.6) is 0 Å². The number of carbonyl (C=O) groups is 2. The molecule has 0 radical (unpaired) electrons. The smallest absolute Gasteiger partial charge is 0.321 e. The molecule has 1 saturated carbocycles. The molecule has 0 unspecified atom stereocenters. The van der Waals surface area contributed by atoms with E-state index >= 15 is 0 Å². The highest BCUT2D eigenvalue weighted by Crippen LogP contribution is 2.32. The van der Waals surface area contributed by atoms with Crippen LogP contribution in [0.1, 0.15) is 19.3 Å². The molecule has 2 aliphatic rings. The fourth-order valence-electron chi connectivity index (χ4n) is 4.35. The van der Waals surface area contributed by atoms with Gasteiger partial charge in [-0.1, -0.05) is 11.3 Å². The van der Waals surface area contributed by atoms with Gasteiger partial charge in [-0.25, -0.2) is 23.5 Å². The Morgan fingerprint density at radius 3 is 2.62 bits per heavy atom. The largest absolute Gasteiger partial charge is 0.340 e. The summed E-state index contributed by atoms with van der Waals surface area (Å²) in [5, 5.41) is 6.00. The topological polar surface area (TPSA) is 93.7 Å². The summed E-state index contributed by atoms with van der Waals surface area (Å²) in [6.07, 6.45) is 2.88. The molecule has 1 aromatic carbocycles. The number of nitrogens with zero attached hydrogens (tertiary/aromatic N) is 5. The van der Waals surface area contributed by atoms with Gasteiger partial charge in [0.15, 0.2) is 5.13 Å². The minimum Gasteiger partial charge on any atom is -0.340 e. The van der Waals surface area contributed by atoms with Crippen molar-refractivity contribution in [3.8, 4) is 0 Å². The lowest BCUT2D eigenvalue weighted by molar-refractivity contribution is -0.134.